The zero-order valence-electron chi connectivity index (χ0n) is 8.75. The molecule has 3 nitrogen and oxygen atoms in total. The molecule has 1 aromatic carbocycles. The Morgan fingerprint density at radius 3 is 2.73 bits per heavy atom. The van der Waals surface area contributed by atoms with Gasteiger partial charge in [0.25, 0.3) is 0 Å². The van der Waals surface area contributed by atoms with Crippen LogP contribution in [-0.2, 0) is 10.1 Å². The molecular weight excluding hydrogens is 260 g/mol. The van der Waals surface area contributed by atoms with Crippen molar-refractivity contribution in [2.45, 2.75) is 12.3 Å². The van der Waals surface area contributed by atoms with Crippen LogP contribution >= 0.6 is 15.9 Å². The molecule has 0 aliphatic heterocycles. The number of hydrogen-bond donors (Lipinski definition) is 0. The lowest BCUT2D eigenvalue weighted by molar-refractivity contribution is 0.0526. The van der Waals surface area contributed by atoms with E-state index < -0.39 is 0 Å². The minimum absolute atomic E-state index is 0.303. The van der Waals surface area contributed by atoms with Crippen molar-refractivity contribution < 1.29 is 14.3 Å². The lowest BCUT2D eigenvalue weighted by atomic mass is 10.1. The van der Waals surface area contributed by atoms with E-state index in [1.165, 1.54) is 0 Å². The summed E-state index contributed by atoms with van der Waals surface area (Å²) in [6.07, 6.45) is 0. The molecular formula is C11H13BrO3. The van der Waals surface area contributed by atoms with Crippen LogP contribution in [-0.4, -0.2) is 19.7 Å². The summed E-state index contributed by atoms with van der Waals surface area (Å²) >= 11 is 3.34. The summed E-state index contributed by atoms with van der Waals surface area (Å²) in [5, 5.41) is 0.642. The Bertz CT molecular complexity index is 350. The fourth-order valence-electron chi connectivity index (χ4n) is 1.22. The average Bonchev–Trinajstić information content (AvgIpc) is 2.28. The van der Waals surface area contributed by atoms with Crippen molar-refractivity contribution in [2.24, 2.45) is 0 Å². The number of alkyl halides is 1. The fourth-order valence-corrected chi connectivity index (χ4v) is 1.66. The molecule has 0 aliphatic rings. The van der Waals surface area contributed by atoms with Gasteiger partial charge in [0.05, 0.1) is 19.3 Å². The summed E-state index contributed by atoms with van der Waals surface area (Å²) in [5.74, 6) is 0.460. The van der Waals surface area contributed by atoms with E-state index in [0.717, 1.165) is 11.3 Å². The summed E-state index contributed by atoms with van der Waals surface area (Å²) in [6.45, 7) is 2.17. The predicted octanol–water partition coefficient (Wildman–Crippen LogP) is 2.77. The number of ether oxygens (including phenoxy) is 2. The normalized spacial score (nSPS) is 9.80. The molecule has 0 spiro atoms. The summed E-state index contributed by atoms with van der Waals surface area (Å²) < 4.78 is 10.1. The van der Waals surface area contributed by atoms with Crippen LogP contribution in [0.2, 0.25) is 0 Å². The smallest absolute Gasteiger partial charge is 0.338 e. The maximum Gasteiger partial charge on any atom is 0.338 e. The first-order chi connectivity index (χ1) is 7.22. The zero-order valence-corrected chi connectivity index (χ0v) is 10.3. The Balaban J connectivity index is 2.97. The van der Waals surface area contributed by atoms with Gasteiger partial charge in [-0.15, -0.1) is 0 Å². The number of hydrogen-bond acceptors (Lipinski definition) is 3. The van der Waals surface area contributed by atoms with Gasteiger partial charge in [0, 0.05) is 10.9 Å². The third-order valence-corrected chi connectivity index (χ3v) is 2.54. The molecule has 82 valence electrons. The largest absolute Gasteiger partial charge is 0.496 e. The van der Waals surface area contributed by atoms with E-state index in [9.17, 15) is 4.79 Å². The van der Waals surface area contributed by atoms with Crippen molar-refractivity contribution in [2.75, 3.05) is 13.7 Å². The van der Waals surface area contributed by atoms with Crippen molar-refractivity contribution in [3.8, 4) is 5.75 Å². The Morgan fingerprint density at radius 2 is 2.20 bits per heavy atom. The first kappa shape index (κ1) is 12.0. The Kier molecular flexibility index (Phi) is 4.62. The number of carbonyl (C=O) groups excluding carboxylic acids is 1. The molecule has 1 rings (SSSR count). The highest BCUT2D eigenvalue weighted by Gasteiger charge is 2.09. The molecule has 0 fully saturated rings. The fraction of sp³-hybridized carbons (Fsp3) is 0.364. The molecule has 0 aromatic heterocycles. The predicted molar refractivity (Wildman–Crippen MR) is 61.6 cm³/mol. The lowest BCUT2D eigenvalue weighted by Gasteiger charge is -2.08. The van der Waals surface area contributed by atoms with Gasteiger partial charge in [-0.05, 0) is 25.1 Å². The van der Waals surface area contributed by atoms with Crippen LogP contribution in [0.15, 0.2) is 18.2 Å². The highest BCUT2D eigenvalue weighted by Crippen LogP contribution is 2.22. The first-order valence-corrected chi connectivity index (χ1v) is 5.75. The van der Waals surface area contributed by atoms with Gasteiger partial charge in [0.15, 0.2) is 0 Å². The molecule has 0 bridgehead atoms. The summed E-state index contributed by atoms with van der Waals surface area (Å²) in [4.78, 5) is 11.4. The highest BCUT2D eigenvalue weighted by atomic mass is 79.9. The second-order valence-electron chi connectivity index (χ2n) is 2.88. The number of methoxy groups -OCH3 is 1. The van der Waals surface area contributed by atoms with E-state index in [4.69, 9.17) is 9.47 Å². The second kappa shape index (κ2) is 5.75. The van der Waals surface area contributed by atoms with Crippen molar-refractivity contribution in [1.82, 2.24) is 0 Å². The number of halogens is 1. The summed E-state index contributed by atoms with van der Waals surface area (Å²) in [5.41, 5.74) is 1.48. The SMILES string of the molecule is CCOC(=O)c1ccc(OC)c(CBr)c1. The Morgan fingerprint density at radius 1 is 1.47 bits per heavy atom. The molecule has 0 radical (unpaired) electrons. The molecule has 0 heterocycles. The van der Waals surface area contributed by atoms with Crippen LogP contribution < -0.4 is 4.74 Å². The van der Waals surface area contributed by atoms with Crippen LogP contribution in [0, 0.1) is 0 Å². The molecule has 0 saturated carbocycles. The number of rotatable bonds is 4. The Labute approximate surface area is 97.5 Å². The molecule has 0 saturated heterocycles. The average molecular weight is 273 g/mol. The van der Waals surface area contributed by atoms with Gasteiger partial charge in [0.1, 0.15) is 5.75 Å². The van der Waals surface area contributed by atoms with Gasteiger partial charge in [-0.2, -0.15) is 0 Å². The van der Waals surface area contributed by atoms with Gasteiger partial charge in [-0.3, -0.25) is 0 Å². The quantitative estimate of drug-likeness (QED) is 0.625. The molecule has 0 aliphatic carbocycles. The van der Waals surface area contributed by atoms with Crippen LogP contribution in [0.3, 0.4) is 0 Å². The van der Waals surface area contributed by atoms with Crippen LogP contribution in [0.5, 0.6) is 5.75 Å². The van der Waals surface area contributed by atoms with Crippen molar-refractivity contribution in [3.05, 3.63) is 29.3 Å². The van der Waals surface area contributed by atoms with E-state index in [-0.39, 0.29) is 5.97 Å². The van der Waals surface area contributed by atoms with Crippen LogP contribution in [0.25, 0.3) is 0 Å². The number of benzene rings is 1. The van der Waals surface area contributed by atoms with Gasteiger partial charge in [-0.1, -0.05) is 15.9 Å². The van der Waals surface area contributed by atoms with Crippen LogP contribution in [0.4, 0.5) is 0 Å². The molecule has 15 heavy (non-hydrogen) atoms. The maximum absolute atomic E-state index is 11.4. The minimum atomic E-state index is -0.303. The highest BCUT2D eigenvalue weighted by molar-refractivity contribution is 9.08. The zero-order chi connectivity index (χ0) is 11.3. The molecule has 0 N–H and O–H groups in total. The Hall–Kier alpha value is -1.03. The lowest BCUT2D eigenvalue weighted by Crippen LogP contribution is -2.05. The minimum Gasteiger partial charge on any atom is -0.496 e. The first-order valence-electron chi connectivity index (χ1n) is 4.63. The van der Waals surface area contributed by atoms with Gasteiger partial charge < -0.3 is 9.47 Å². The second-order valence-corrected chi connectivity index (χ2v) is 3.44. The van der Waals surface area contributed by atoms with Crippen molar-refractivity contribution in [3.63, 3.8) is 0 Å². The van der Waals surface area contributed by atoms with Gasteiger partial charge in [0.2, 0.25) is 0 Å². The van der Waals surface area contributed by atoms with E-state index in [0.29, 0.717) is 17.5 Å². The monoisotopic (exact) mass is 272 g/mol. The van der Waals surface area contributed by atoms with Crippen LogP contribution in [0.1, 0.15) is 22.8 Å². The summed E-state index contributed by atoms with van der Waals surface area (Å²) in [6, 6.07) is 5.23. The summed E-state index contributed by atoms with van der Waals surface area (Å²) in [7, 11) is 1.60. The molecule has 0 amide bonds. The molecule has 0 atom stereocenters. The molecule has 0 unspecified atom stereocenters. The van der Waals surface area contributed by atoms with E-state index >= 15 is 0 Å². The van der Waals surface area contributed by atoms with Crippen molar-refractivity contribution in [1.29, 1.82) is 0 Å². The van der Waals surface area contributed by atoms with Gasteiger partial charge in [-0.25, -0.2) is 4.79 Å². The number of esters is 1. The van der Waals surface area contributed by atoms with Gasteiger partial charge >= 0.3 is 5.97 Å². The van der Waals surface area contributed by atoms with E-state index in [1.807, 2.05) is 0 Å². The van der Waals surface area contributed by atoms with Crippen molar-refractivity contribution >= 4 is 21.9 Å². The third-order valence-electron chi connectivity index (χ3n) is 1.94. The standard InChI is InChI=1S/C11H13BrO3/c1-3-15-11(13)8-4-5-10(14-2)9(6-8)7-12/h4-6H,3,7H2,1-2H3. The van der Waals surface area contributed by atoms with E-state index in [2.05, 4.69) is 15.9 Å². The third kappa shape index (κ3) is 2.96. The maximum atomic E-state index is 11.4. The van der Waals surface area contributed by atoms with E-state index in [1.54, 1.807) is 32.2 Å². The number of carbonyl (C=O) groups is 1. The topological polar surface area (TPSA) is 35.5 Å². The molecule has 1 aromatic rings. The molecule has 4 heteroatoms.